The molecule has 0 radical (unpaired) electrons. The van der Waals surface area contributed by atoms with E-state index < -0.39 is 0 Å². The highest BCUT2D eigenvalue weighted by Gasteiger charge is 2.56. The first kappa shape index (κ1) is 13.2. The molecule has 1 heteroatoms. The number of hydrogen-bond donors (Lipinski definition) is 0. The molecule has 9 atom stereocenters. The van der Waals surface area contributed by atoms with Gasteiger partial charge in [0.15, 0.2) is 0 Å². The predicted octanol–water partition coefficient (Wildman–Crippen LogP) is 4.82. The topological polar surface area (TPSA) is 9.23 Å². The van der Waals surface area contributed by atoms with Crippen LogP contribution in [0.3, 0.4) is 0 Å². The third-order valence-electron chi connectivity index (χ3n) is 8.40. The average molecular weight is 286 g/mol. The van der Waals surface area contributed by atoms with E-state index in [4.69, 9.17) is 4.74 Å². The lowest BCUT2D eigenvalue weighted by Crippen LogP contribution is -2.41. The molecule has 0 aromatic heterocycles. The predicted molar refractivity (Wildman–Crippen MR) is 84.8 cm³/mol. The zero-order chi connectivity index (χ0) is 14.2. The Hall–Kier alpha value is -0.300. The summed E-state index contributed by atoms with van der Waals surface area (Å²) in [4.78, 5) is 0. The van der Waals surface area contributed by atoms with Crippen LogP contribution in [0.25, 0.3) is 0 Å². The summed E-state index contributed by atoms with van der Waals surface area (Å²) in [6, 6.07) is 0. The Morgan fingerprint density at radius 3 is 2.67 bits per heavy atom. The third kappa shape index (κ3) is 1.73. The van der Waals surface area contributed by atoms with Crippen molar-refractivity contribution in [2.75, 3.05) is 0 Å². The van der Waals surface area contributed by atoms with E-state index >= 15 is 0 Å². The van der Waals surface area contributed by atoms with E-state index in [9.17, 15) is 0 Å². The monoisotopic (exact) mass is 286 g/mol. The van der Waals surface area contributed by atoms with E-state index in [0.717, 1.165) is 35.5 Å². The number of ether oxygens (including phenoxy) is 1. The Labute approximate surface area is 129 Å². The minimum Gasteiger partial charge on any atom is -0.374 e. The van der Waals surface area contributed by atoms with Gasteiger partial charge >= 0.3 is 0 Å². The van der Waals surface area contributed by atoms with Gasteiger partial charge in [-0.15, -0.1) is 0 Å². The highest BCUT2D eigenvalue weighted by atomic mass is 16.5. The molecule has 4 fully saturated rings. The lowest BCUT2D eigenvalue weighted by atomic mass is 9.73. The van der Waals surface area contributed by atoms with Crippen molar-refractivity contribution in [1.82, 2.24) is 0 Å². The second kappa shape index (κ2) is 4.37. The van der Waals surface area contributed by atoms with Crippen LogP contribution in [0.1, 0.15) is 58.8 Å². The molecule has 0 heterocycles. The molecule has 0 amide bonds. The Kier molecular flexibility index (Phi) is 2.74. The van der Waals surface area contributed by atoms with Crippen molar-refractivity contribution in [3.05, 3.63) is 12.2 Å². The van der Waals surface area contributed by atoms with Crippen molar-refractivity contribution in [1.29, 1.82) is 0 Å². The van der Waals surface area contributed by atoms with Crippen molar-refractivity contribution < 1.29 is 4.74 Å². The molecule has 5 aliphatic rings. The van der Waals surface area contributed by atoms with Gasteiger partial charge in [0.05, 0.1) is 12.2 Å². The maximum atomic E-state index is 6.76. The molecule has 116 valence electrons. The van der Waals surface area contributed by atoms with Gasteiger partial charge in [-0.05, 0) is 81.0 Å². The summed E-state index contributed by atoms with van der Waals surface area (Å²) >= 11 is 0. The summed E-state index contributed by atoms with van der Waals surface area (Å²) in [6.07, 6.45) is 16.2. The second-order valence-corrected chi connectivity index (χ2v) is 9.17. The Morgan fingerprint density at radius 1 is 1.05 bits per heavy atom. The van der Waals surface area contributed by atoms with Gasteiger partial charge in [0, 0.05) is 5.41 Å². The van der Waals surface area contributed by atoms with Gasteiger partial charge in [-0.3, -0.25) is 0 Å². The zero-order valence-corrected chi connectivity index (χ0v) is 13.6. The molecule has 4 bridgehead atoms. The Balaban J connectivity index is 1.29. The van der Waals surface area contributed by atoms with Gasteiger partial charge in [0.25, 0.3) is 0 Å². The first-order valence-electron chi connectivity index (χ1n) is 9.49. The second-order valence-electron chi connectivity index (χ2n) is 9.17. The van der Waals surface area contributed by atoms with E-state index in [1.54, 1.807) is 0 Å². The van der Waals surface area contributed by atoms with Crippen molar-refractivity contribution >= 4 is 0 Å². The van der Waals surface area contributed by atoms with E-state index in [2.05, 4.69) is 26.0 Å². The van der Waals surface area contributed by atoms with Crippen LogP contribution in [0.2, 0.25) is 0 Å². The Morgan fingerprint density at radius 2 is 1.90 bits per heavy atom. The quantitative estimate of drug-likeness (QED) is 0.676. The van der Waals surface area contributed by atoms with Crippen LogP contribution >= 0.6 is 0 Å². The molecule has 5 aliphatic carbocycles. The van der Waals surface area contributed by atoms with Gasteiger partial charge < -0.3 is 4.74 Å². The standard InChI is InChI=1S/C20H30O/c1-12(20(2)11-13-6-7-15(20)8-13)21-19-10-14-9-18(19)17-5-3-4-16(14)17/h6-7,12-19H,3-5,8-11H2,1-2H3. The summed E-state index contributed by atoms with van der Waals surface area (Å²) in [6.45, 7) is 4.88. The molecule has 0 spiro atoms. The van der Waals surface area contributed by atoms with Crippen molar-refractivity contribution in [2.24, 2.45) is 40.9 Å². The first-order chi connectivity index (χ1) is 10.1. The maximum Gasteiger partial charge on any atom is 0.0612 e. The summed E-state index contributed by atoms with van der Waals surface area (Å²) in [5, 5.41) is 0. The molecule has 0 aromatic rings. The number of allylic oxidation sites excluding steroid dienone is 2. The minimum absolute atomic E-state index is 0.413. The fourth-order valence-corrected chi connectivity index (χ4v) is 7.18. The van der Waals surface area contributed by atoms with Gasteiger partial charge in [0.2, 0.25) is 0 Å². The van der Waals surface area contributed by atoms with Crippen molar-refractivity contribution in [3.8, 4) is 0 Å². The molecule has 21 heavy (non-hydrogen) atoms. The fourth-order valence-electron chi connectivity index (χ4n) is 7.18. The molecular formula is C20H30O. The summed E-state index contributed by atoms with van der Waals surface area (Å²) < 4.78 is 6.76. The highest BCUT2D eigenvalue weighted by molar-refractivity contribution is 5.16. The van der Waals surface area contributed by atoms with Crippen LogP contribution in [0, 0.1) is 40.9 Å². The smallest absolute Gasteiger partial charge is 0.0612 e. The fraction of sp³-hybridized carbons (Fsp3) is 0.900. The molecule has 0 N–H and O–H groups in total. The van der Waals surface area contributed by atoms with Gasteiger partial charge in [-0.25, -0.2) is 0 Å². The molecule has 9 unspecified atom stereocenters. The van der Waals surface area contributed by atoms with Crippen LogP contribution in [-0.2, 0) is 4.74 Å². The first-order valence-corrected chi connectivity index (χ1v) is 9.49. The van der Waals surface area contributed by atoms with E-state index in [1.165, 1.54) is 44.9 Å². The number of rotatable bonds is 3. The third-order valence-corrected chi connectivity index (χ3v) is 8.40. The van der Waals surface area contributed by atoms with E-state index in [-0.39, 0.29) is 0 Å². The molecule has 0 aliphatic heterocycles. The highest BCUT2D eigenvalue weighted by Crippen LogP contribution is 2.61. The summed E-state index contributed by atoms with van der Waals surface area (Å²) in [5.41, 5.74) is 0.413. The summed E-state index contributed by atoms with van der Waals surface area (Å²) in [5.74, 6) is 5.70. The van der Waals surface area contributed by atoms with Crippen LogP contribution in [0.4, 0.5) is 0 Å². The number of hydrogen-bond acceptors (Lipinski definition) is 1. The molecule has 5 rings (SSSR count). The average Bonchev–Trinajstić information content (AvgIpc) is 3.22. The van der Waals surface area contributed by atoms with Crippen LogP contribution < -0.4 is 0 Å². The van der Waals surface area contributed by atoms with E-state index in [1.807, 2.05) is 0 Å². The lowest BCUT2D eigenvalue weighted by Gasteiger charge is -2.41. The van der Waals surface area contributed by atoms with E-state index in [0.29, 0.717) is 17.6 Å². The summed E-state index contributed by atoms with van der Waals surface area (Å²) in [7, 11) is 0. The minimum atomic E-state index is 0.413. The molecule has 1 nitrogen and oxygen atoms in total. The normalized spacial score (nSPS) is 58.1. The lowest BCUT2D eigenvalue weighted by molar-refractivity contribution is -0.106. The van der Waals surface area contributed by atoms with Gasteiger partial charge in [-0.1, -0.05) is 25.5 Å². The molecule has 4 saturated carbocycles. The SMILES string of the molecule is CC(OC1CC2CC1C1CCCC21)C1(C)CC2C=CC1C2. The van der Waals surface area contributed by atoms with Crippen molar-refractivity contribution in [2.45, 2.75) is 71.0 Å². The zero-order valence-electron chi connectivity index (χ0n) is 13.6. The van der Waals surface area contributed by atoms with Gasteiger partial charge in [0.1, 0.15) is 0 Å². The van der Waals surface area contributed by atoms with Crippen LogP contribution in [0.5, 0.6) is 0 Å². The largest absolute Gasteiger partial charge is 0.374 e. The number of fused-ring (bicyclic) bond motifs is 7. The molecular weight excluding hydrogens is 256 g/mol. The van der Waals surface area contributed by atoms with Crippen LogP contribution in [0.15, 0.2) is 12.2 Å². The Bertz CT molecular complexity index is 468. The molecule has 0 saturated heterocycles. The van der Waals surface area contributed by atoms with Crippen LogP contribution in [-0.4, -0.2) is 12.2 Å². The van der Waals surface area contributed by atoms with Crippen molar-refractivity contribution in [3.63, 3.8) is 0 Å². The maximum absolute atomic E-state index is 6.76. The molecule has 0 aromatic carbocycles. The van der Waals surface area contributed by atoms with Gasteiger partial charge in [-0.2, -0.15) is 0 Å².